The predicted molar refractivity (Wildman–Crippen MR) is 84.9 cm³/mol. The van der Waals surface area contributed by atoms with Gasteiger partial charge in [0.15, 0.2) is 0 Å². The van der Waals surface area contributed by atoms with Gasteiger partial charge in [-0.3, -0.25) is 9.36 Å². The number of rotatable bonds is 2. The van der Waals surface area contributed by atoms with E-state index >= 15 is 0 Å². The number of benzene rings is 1. The lowest BCUT2D eigenvalue weighted by atomic mass is 10.2. The average molecular weight is 276 g/mol. The molecule has 21 heavy (non-hydrogen) atoms. The molecule has 3 rings (SSSR count). The largest absolute Gasteiger partial charge is 0.316 e. The average Bonchev–Trinajstić information content (AvgIpc) is 2.91. The molecule has 0 atom stereocenters. The van der Waals surface area contributed by atoms with Crippen LogP contribution >= 0.6 is 0 Å². The Hall–Kier alpha value is -2.73. The molecule has 3 nitrogen and oxygen atoms in total. The molecular formula is C18H16N2O. The van der Waals surface area contributed by atoms with Crippen molar-refractivity contribution in [2.45, 2.75) is 20.3 Å². The van der Waals surface area contributed by atoms with E-state index < -0.39 is 0 Å². The summed E-state index contributed by atoms with van der Waals surface area (Å²) in [4.78, 5) is 12.9. The highest BCUT2D eigenvalue weighted by molar-refractivity contribution is 5.63. The molecular weight excluding hydrogens is 260 g/mol. The molecule has 104 valence electrons. The quantitative estimate of drug-likeness (QED) is 0.661. The number of aromatic nitrogens is 2. The van der Waals surface area contributed by atoms with Crippen LogP contribution in [-0.2, 0) is 6.42 Å². The minimum atomic E-state index is -0.0247. The summed E-state index contributed by atoms with van der Waals surface area (Å²) in [5.74, 6) is 5.87. The van der Waals surface area contributed by atoms with Crippen LogP contribution in [0.3, 0.4) is 0 Å². The van der Waals surface area contributed by atoms with E-state index in [1.165, 1.54) is 0 Å². The Balaban J connectivity index is 2.42. The van der Waals surface area contributed by atoms with Gasteiger partial charge < -0.3 is 4.40 Å². The fourth-order valence-electron chi connectivity index (χ4n) is 2.58. The summed E-state index contributed by atoms with van der Waals surface area (Å²) < 4.78 is 3.65. The third-order valence-corrected chi connectivity index (χ3v) is 3.53. The smallest absolute Gasteiger partial charge is 0.280 e. The second-order valence-corrected chi connectivity index (χ2v) is 4.81. The van der Waals surface area contributed by atoms with E-state index in [1.54, 1.807) is 11.5 Å². The van der Waals surface area contributed by atoms with Crippen molar-refractivity contribution in [3.63, 3.8) is 0 Å². The van der Waals surface area contributed by atoms with Crippen LogP contribution in [0, 0.1) is 11.8 Å². The van der Waals surface area contributed by atoms with Gasteiger partial charge in [0.25, 0.3) is 5.56 Å². The molecule has 0 aliphatic heterocycles. The minimum Gasteiger partial charge on any atom is -0.316 e. The zero-order chi connectivity index (χ0) is 14.8. The summed E-state index contributed by atoms with van der Waals surface area (Å²) in [6.07, 6.45) is 4.68. The summed E-state index contributed by atoms with van der Waals surface area (Å²) in [6.45, 7) is 3.83. The van der Waals surface area contributed by atoms with Gasteiger partial charge >= 0.3 is 0 Å². The molecule has 0 N–H and O–H groups in total. The fraction of sp³-hybridized carbons (Fsp3) is 0.167. The van der Waals surface area contributed by atoms with Crippen LogP contribution in [0.5, 0.6) is 0 Å². The van der Waals surface area contributed by atoms with Crippen LogP contribution in [0.25, 0.3) is 11.2 Å². The number of para-hydroxylation sites is 1. The second kappa shape index (κ2) is 5.34. The Morgan fingerprint density at radius 3 is 2.57 bits per heavy atom. The predicted octanol–water partition coefficient (Wildman–Crippen LogP) is 3.02. The van der Waals surface area contributed by atoms with Gasteiger partial charge in [0, 0.05) is 23.8 Å². The van der Waals surface area contributed by atoms with Gasteiger partial charge in [-0.2, -0.15) is 0 Å². The van der Waals surface area contributed by atoms with Crippen molar-refractivity contribution in [3.05, 3.63) is 70.4 Å². The van der Waals surface area contributed by atoms with E-state index in [0.717, 1.165) is 23.4 Å². The van der Waals surface area contributed by atoms with Crippen LogP contribution < -0.4 is 5.56 Å². The molecule has 0 aliphatic carbocycles. The molecule has 0 bridgehead atoms. The summed E-state index contributed by atoms with van der Waals surface area (Å²) in [5, 5.41) is 0. The molecule has 3 aromatic rings. The monoisotopic (exact) mass is 276 g/mol. The molecule has 0 spiro atoms. The van der Waals surface area contributed by atoms with Gasteiger partial charge in [-0.05, 0) is 31.5 Å². The highest BCUT2D eigenvalue weighted by Crippen LogP contribution is 2.14. The first-order chi connectivity index (χ1) is 10.3. The van der Waals surface area contributed by atoms with Crippen molar-refractivity contribution in [2.24, 2.45) is 0 Å². The maximum Gasteiger partial charge on any atom is 0.280 e. The van der Waals surface area contributed by atoms with E-state index in [9.17, 15) is 4.79 Å². The van der Waals surface area contributed by atoms with Gasteiger partial charge in [-0.15, -0.1) is 5.92 Å². The van der Waals surface area contributed by atoms with Gasteiger partial charge in [0.1, 0.15) is 5.52 Å². The van der Waals surface area contributed by atoms with Crippen LogP contribution in [0.15, 0.2) is 53.6 Å². The Bertz CT molecular complexity index is 905. The van der Waals surface area contributed by atoms with Crippen molar-refractivity contribution < 1.29 is 0 Å². The molecule has 0 amide bonds. The zero-order valence-electron chi connectivity index (χ0n) is 12.1. The first-order valence-corrected chi connectivity index (χ1v) is 7.00. The zero-order valence-corrected chi connectivity index (χ0v) is 12.1. The van der Waals surface area contributed by atoms with Gasteiger partial charge in [-0.25, -0.2) is 0 Å². The normalized spacial score (nSPS) is 10.4. The molecule has 0 saturated carbocycles. The van der Waals surface area contributed by atoms with Crippen LogP contribution in [0.2, 0.25) is 0 Å². The molecule has 0 saturated heterocycles. The number of hydrogen-bond donors (Lipinski definition) is 0. The molecule has 0 fully saturated rings. The number of hydrogen-bond acceptors (Lipinski definition) is 1. The highest BCUT2D eigenvalue weighted by Gasteiger charge is 2.12. The molecule has 2 heterocycles. The summed E-state index contributed by atoms with van der Waals surface area (Å²) >= 11 is 0. The lowest BCUT2D eigenvalue weighted by Gasteiger charge is -2.13. The van der Waals surface area contributed by atoms with Gasteiger partial charge in [-0.1, -0.05) is 31.0 Å². The van der Waals surface area contributed by atoms with E-state index in [0.29, 0.717) is 5.52 Å². The number of fused-ring (bicyclic) bond motifs is 1. The SMILES string of the molecule is CC#Cc1ccn2cc(CC)n(-c3ccccc3)c(=O)c12. The van der Waals surface area contributed by atoms with E-state index in [-0.39, 0.29) is 5.56 Å². The fourth-order valence-corrected chi connectivity index (χ4v) is 2.58. The Morgan fingerprint density at radius 1 is 1.14 bits per heavy atom. The topological polar surface area (TPSA) is 26.4 Å². The van der Waals surface area contributed by atoms with Crippen LogP contribution in [0.4, 0.5) is 0 Å². The molecule has 0 unspecified atom stereocenters. The van der Waals surface area contributed by atoms with E-state index in [2.05, 4.69) is 18.8 Å². The lowest BCUT2D eigenvalue weighted by Crippen LogP contribution is -2.24. The van der Waals surface area contributed by atoms with Crippen molar-refractivity contribution in [1.82, 2.24) is 8.97 Å². The molecule has 1 aromatic carbocycles. The number of nitrogens with zero attached hydrogens (tertiary/aromatic N) is 2. The number of aryl methyl sites for hydroxylation is 1. The third-order valence-electron chi connectivity index (χ3n) is 3.53. The van der Waals surface area contributed by atoms with Crippen molar-refractivity contribution in [1.29, 1.82) is 0 Å². The summed E-state index contributed by atoms with van der Waals surface area (Å²) in [6, 6.07) is 11.6. The third kappa shape index (κ3) is 2.15. The van der Waals surface area contributed by atoms with Crippen molar-refractivity contribution >= 4 is 5.52 Å². The minimum absolute atomic E-state index is 0.0247. The standard InChI is InChI=1S/C18H16N2O/c1-3-8-14-11-12-19-13-15(4-2)20(18(21)17(14)19)16-9-6-5-7-10-16/h5-7,9-13H,4H2,1-2H3. The summed E-state index contributed by atoms with van der Waals surface area (Å²) in [7, 11) is 0. The second-order valence-electron chi connectivity index (χ2n) is 4.81. The molecule has 0 radical (unpaired) electrons. The van der Waals surface area contributed by atoms with Crippen molar-refractivity contribution in [2.75, 3.05) is 0 Å². The highest BCUT2D eigenvalue weighted by atomic mass is 16.1. The van der Waals surface area contributed by atoms with Crippen LogP contribution in [0.1, 0.15) is 25.1 Å². The van der Waals surface area contributed by atoms with E-state index in [1.807, 2.05) is 53.2 Å². The van der Waals surface area contributed by atoms with E-state index in [4.69, 9.17) is 0 Å². The maximum absolute atomic E-state index is 12.9. The van der Waals surface area contributed by atoms with Crippen LogP contribution in [-0.4, -0.2) is 8.97 Å². The van der Waals surface area contributed by atoms with Gasteiger partial charge in [0.2, 0.25) is 0 Å². The van der Waals surface area contributed by atoms with Gasteiger partial charge in [0.05, 0.1) is 5.56 Å². The first kappa shape index (κ1) is 13.3. The molecule has 2 aromatic heterocycles. The van der Waals surface area contributed by atoms with Crippen molar-refractivity contribution in [3.8, 4) is 17.5 Å². The Labute approximate surface area is 123 Å². The molecule has 0 aliphatic rings. The lowest BCUT2D eigenvalue weighted by molar-refractivity contribution is 0.852. The first-order valence-electron chi connectivity index (χ1n) is 7.00. The molecule has 3 heteroatoms. The Morgan fingerprint density at radius 2 is 1.90 bits per heavy atom. The maximum atomic E-state index is 12.9. The Kier molecular flexibility index (Phi) is 3.37. The summed E-state index contributed by atoms with van der Waals surface area (Å²) in [5.41, 5.74) is 3.24.